The maximum absolute atomic E-state index is 12.8. The Morgan fingerprint density at radius 1 is 1.07 bits per heavy atom. The van der Waals surface area contributed by atoms with Crippen LogP contribution in [0.5, 0.6) is 5.75 Å². The fourth-order valence-corrected chi connectivity index (χ4v) is 2.81. The monoisotopic (exact) mass is 381 g/mol. The van der Waals surface area contributed by atoms with Crippen LogP contribution in [0.4, 0.5) is 5.69 Å². The lowest BCUT2D eigenvalue weighted by molar-refractivity contribution is -0.131. The summed E-state index contributed by atoms with van der Waals surface area (Å²) in [5.41, 5.74) is 1.77. The number of rotatable bonds is 5. The topological polar surface area (TPSA) is 94.8 Å². The molecule has 28 heavy (non-hydrogen) atoms. The highest BCUT2D eigenvalue weighted by Gasteiger charge is 2.19. The average molecular weight is 381 g/mol. The van der Waals surface area contributed by atoms with Crippen molar-refractivity contribution in [1.29, 1.82) is 0 Å². The molecule has 3 rings (SSSR count). The van der Waals surface area contributed by atoms with Gasteiger partial charge in [-0.3, -0.25) is 9.59 Å². The number of carbonyl (C=O) groups excluding carboxylic acids is 3. The molecule has 1 aromatic heterocycles. The number of esters is 2. The maximum Gasteiger partial charge on any atom is 0.338 e. The molecule has 0 saturated heterocycles. The van der Waals surface area contributed by atoms with Crippen molar-refractivity contribution in [1.82, 2.24) is 0 Å². The van der Waals surface area contributed by atoms with Gasteiger partial charge in [-0.1, -0.05) is 0 Å². The Hall–Kier alpha value is -3.61. The molecule has 3 aromatic rings. The van der Waals surface area contributed by atoms with Gasteiger partial charge < -0.3 is 19.2 Å². The van der Waals surface area contributed by atoms with Gasteiger partial charge in [-0.2, -0.15) is 0 Å². The normalized spacial score (nSPS) is 10.5. The second-order valence-electron chi connectivity index (χ2n) is 6.04. The minimum Gasteiger partial charge on any atom is -0.462 e. The molecule has 1 N–H and O–H groups in total. The Bertz CT molecular complexity index is 1050. The smallest absolute Gasteiger partial charge is 0.338 e. The van der Waals surface area contributed by atoms with Gasteiger partial charge >= 0.3 is 11.9 Å². The molecule has 0 aliphatic carbocycles. The quantitative estimate of drug-likeness (QED) is 0.528. The number of benzene rings is 2. The number of anilines is 1. The lowest BCUT2D eigenvalue weighted by atomic mass is 10.1. The summed E-state index contributed by atoms with van der Waals surface area (Å²) in [5.74, 6) is -0.480. The summed E-state index contributed by atoms with van der Waals surface area (Å²) in [6.45, 7) is 5.01. The summed E-state index contributed by atoms with van der Waals surface area (Å²) in [4.78, 5) is 35.7. The van der Waals surface area contributed by atoms with Crippen LogP contribution in [-0.4, -0.2) is 24.5 Å². The highest BCUT2D eigenvalue weighted by atomic mass is 16.5. The third-order valence-corrected chi connectivity index (χ3v) is 3.98. The average Bonchev–Trinajstić information content (AvgIpc) is 2.97. The van der Waals surface area contributed by atoms with E-state index >= 15 is 0 Å². The van der Waals surface area contributed by atoms with Crippen LogP contribution in [0, 0.1) is 6.92 Å². The highest BCUT2D eigenvalue weighted by molar-refractivity contribution is 6.13. The van der Waals surface area contributed by atoms with Gasteiger partial charge in [0.05, 0.1) is 17.7 Å². The van der Waals surface area contributed by atoms with E-state index in [1.165, 1.54) is 6.92 Å². The third-order valence-electron chi connectivity index (χ3n) is 3.98. The van der Waals surface area contributed by atoms with Crippen molar-refractivity contribution < 1.29 is 28.3 Å². The zero-order chi connectivity index (χ0) is 20.3. The molecule has 0 spiro atoms. The molecule has 7 nitrogen and oxygen atoms in total. The van der Waals surface area contributed by atoms with Gasteiger partial charge in [0.25, 0.3) is 5.91 Å². The molecule has 0 saturated carbocycles. The zero-order valence-electron chi connectivity index (χ0n) is 15.7. The van der Waals surface area contributed by atoms with Crippen molar-refractivity contribution in [2.75, 3.05) is 11.9 Å². The molecule has 0 unspecified atom stereocenters. The SMILES string of the molecule is CCOC(=O)c1ccc(NC(=O)c2c(C)oc3ccc(OC(C)=O)cc23)cc1. The summed E-state index contributed by atoms with van der Waals surface area (Å²) in [6.07, 6.45) is 0. The van der Waals surface area contributed by atoms with Crippen molar-refractivity contribution in [3.8, 4) is 5.75 Å². The predicted octanol–water partition coefficient (Wildman–Crippen LogP) is 4.10. The van der Waals surface area contributed by atoms with Gasteiger partial charge in [-0.15, -0.1) is 0 Å². The van der Waals surface area contributed by atoms with Crippen molar-refractivity contribution in [2.45, 2.75) is 20.8 Å². The van der Waals surface area contributed by atoms with Gasteiger partial charge in [-0.05, 0) is 56.3 Å². The van der Waals surface area contributed by atoms with Crippen LogP contribution in [-0.2, 0) is 9.53 Å². The predicted molar refractivity (Wildman–Crippen MR) is 103 cm³/mol. The number of fused-ring (bicyclic) bond motifs is 1. The van der Waals surface area contributed by atoms with Crippen molar-refractivity contribution >= 4 is 34.5 Å². The number of nitrogens with one attached hydrogen (secondary N) is 1. The summed E-state index contributed by atoms with van der Waals surface area (Å²) < 4.78 is 15.7. The first-order valence-electron chi connectivity index (χ1n) is 8.69. The molecule has 0 fully saturated rings. The zero-order valence-corrected chi connectivity index (χ0v) is 15.7. The molecular weight excluding hydrogens is 362 g/mol. The first kappa shape index (κ1) is 19.2. The Balaban J connectivity index is 1.85. The number of carbonyl (C=O) groups is 3. The van der Waals surface area contributed by atoms with Crippen LogP contribution in [0.1, 0.15) is 40.3 Å². The lowest BCUT2D eigenvalue weighted by Gasteiger charge is -2.07. The van der Waals surface area contributed by atoms with Crippen molar-refractivity contribution in [3.05, 3.63) is 59.4 Å². The minimum atomic E-state index is -0.452. The van der Waals surface area contributed by atoms with Crippen LogP contribution in [0.25, 0.3) is 11.0 Å². The molecule has 0 aliphatic heterocycles. The maximum atomic E-state index is 12.8. The number of hydrogen-bond donors (Lipinski definition) is 1. The summed E-state index contributed by atoms with van der Waals surface area (Å²) >= 11 is 0. The first-order chi connectivity index (χ1) is 13.4. The van der Waals surface area contributed by atoms with E-state index in [0.29, 0.717) is 45.9 Å². The van der Waals surface area contributed by atoms with E-state index < -0.39 is 11.9 Å². The number of furan rings is 1. The molecule has 0 atom stereocenters. The number of aryl methyl sites for hydroxylation is 1. The number of amides is 1. The van der Waals surface area contributed by atoms with E-state index in [-0.39, 0.29) is 5.91 Å². The van der Waals surface area contributed by atoms with E-state index in [0.717, 1.165) is 0 Å². The van der Waals surface area contributed by atoms with Crippen LogP contribution < -0.4 is 10.1 Å². The number of ether oxygens (including phenoxy) is 2. The van der Waals surface area contributed by atoms with Gasteiger partial charge in [0.1, 0.15) is 17.1 Å². The van der Waals surface area contributed by atoms with Gasteiger partial charge in [-0.25, -0.2) is 4.79 Å². The molecule has 0 bridgehead atoms. The van der Waals surface area contributed by atoms with Gasteiger partial charge in [0, 0.05) is 18.0 Å². The van der Waals surface area contributed by atoms with Gasteiger partial charge in [0.15, 0.2) is 0 Å². The molecular formula is C21H19NO6. The fourth-order valence-electron chi connectivity index (χ4n) is 2.81. The van der Waals surface area contributed by atoms with Crippen LogP contribution in [0.2, 0.25) is 0 Å². The molecule has 2 aromatic carbocycles. The molecule has 1 amide bonds. The Morgan fingerprint density at radius 3 is 2.43 bits per heavy atom. The fraction of sp³-hybridized carbons (Fsp3) is 0.190. The van der Waals surface area contributed by atoms with Crippen LogP contribution in [0.3, 0.4) is 0 Å². The Kier molecular flexibility index (Phi) is 5.44. The standard InChI is InChI=1S/C21H19NO6/c1-4-26-21(25)14-5-7-15(8-6-14)22-20(24)19-12(2)27-18-10-9-16(11-17(18)19)28-13(3)23/h5-11H,4H2,1-3H3,(H,22,24). The third kappa shape index (κ3) is 4.03. The minimum absolute atomic E-state index is 0.291. The number of hydrogen-bond acceptors (Lipinski definition) is 6. The van der Waals surface area contributed by atoms with E-state index in [1.807, 2.05) is 0 Å². The van der Waals surface area contributed by atoms with Gasteiger partial charge in [0.2, 0.25) is 0 Å². The van der Waals surface area contributed by atoms with E-state index in [4.69, 9.17) is 13.9 Å². The summed E-state index contributed by atoms with van der Waals surface area (Å²) in [6, 6.07) is 11.2. The van der Waals surface area contributed by atoms with E-state index in [2.05, 4.69) is 5.32 Å². The second-order valence-corrected chi connectivity index (χ2v) is 6.04. The van der Waals surface area contributed by atoms with Crippen LogP contribution >= 0.6 is 0 Å². The van der Waals surface area contributed by atoms with E-state index in [9.17, 15) is 14.4 Å². The Labute approximate surface area is 161 Å². The summed E-state index contributed by atoms with van der Waals surface area (Å²) in [5, 5.41) is 3.32. The first-order valence-corrected chi connectivity index (χ1v) is 8.69. The Morgan fingerprint density at radius 2 is 1.79 bits per heavy atom. The molecule has 144 valence electrons. The molecule has 1 heterocycles. The lowest BCUT2D eigenvalue weighted by Crippen LogP contribution is -2.13. The highest BCUT2D eigenvalue weighted by Crippen LogP contribution is 2.30. The molecule has 0 radical (unpaired) electrons. The largest absolute Gasteiger partial charge is 0.462 e. The van der Waals surface area contributed by atoms with E-state index in [1.54, 1.807) is 56.3 Å². The van der Waals surface area contributed by atoms with Crippen molar-refractivity contribution in [2.24, 2.45) is 0 Å². The summed E-state index contributed by atoms with van der Waals surface area (Å²) in [7, 11) is 0. The molecule has 7 heteroatoms. The van der Waals surface area contributed by atoms with Crippen LogP contribution in [0.15, 0.2) is 46.9 Å². The van der Waals surface area contributed by atoms with Crippen molar-refractivity contribution in [3.63, 3.8) is 0 Å². The second kappa shape index (κ2) is 7.96. The molecule has 0 aliphatic rings.